The Morgan fingerprint density at radius 1 is 1.00 bits per heavy atom. The molecule has 0 aliphatic heterocycles. The maximum atomic E-state index is 9.08. The van der Waals surface area contributed by atoms with E-state index in [-0.39, 0.29) is 13.2 Å². The van der Waals surface area contributed by atoms with E-state index in [0.717, 1.165) is 5.56 Å². The molecule has 0 unspecified atom stereocenters. The summed E-state index contributed by atoms with van der Waals surface area (Å²) in [5.41, 5.74) is 0.865. The predicted molar refractivity (Wildman–Crippen MR) is 78.9 cm³/mol. The van der Waals surface area contributed by atoms with Gasteiger partial charge in [0.25, 0.3) is 0 Å². The molecule has 2 aromatic rings. The molecule has 5 nitrogen and oxygen atoms in total. The Balaban J connectivity index is 2.37. The Bertz CT molecular complexity index is 545. The first kappa shape index (κ1) is 14.7. The maximum absolute atomic E-state index is 9.08. The number of rotatable bonds is 6. The monoisotopic (exact) mass is 293 g/mol. The first-order chi connectivity index (χ1) is 9.74. The number of nitrogens with zero attached hydrogens (tertiary/aromatic N) is 3. The average molecular weight is 294 g/mol. The number of aliphatic hydroxyl groups excluding tert-OH is 2. The van der Waals surface area contributed by atoms with Crippen LogP contribution in [0, 0.1) is 0 Å². The third-order valence-corrected chi connectivity index (χ3v) is 2.97. The van der Waals surface area contributed by atoms with Crippen molar-refractivity contribution >= 4 is 17.4 Å². The molecule has 2 N–H and O–H groups in total. The molecule has 2 rings (SSSR count). The van der Waals surface area contributed by atoms with Crippen LogP contribution in [0.1, 0.15) is 0 Å². The number of hydrogen-bond acceptors (Lipinski definition) is 5. The molecule has 106 valence electrons. The Labute approximate surface area is 122 Å². The molecule has 0 atom stereocenters. The van der Waals surface area contributed by atoms with Crippen LogP contribution in [0.25, 0.3) is 11.4 Å². The van der Waals surface area contributed by atoms with Crippen LogP contribution >= 0.6 is 11.6 Å². The summed E-state index contributed by atoms with van der Waals surface area (Å²) in [6.45, 7) is 0.703. The molecule has 20 heavy (non-hydrogen) atoms. The van der Waals surface area contributed by atoms with Gasteiger partial charge in [0, 0.05) is 24.7 Å². The van der Waals surface area contributed by atoms with Gasteiger partial charge in [-0.2, -0.15) is 0 Å². The van der Waals surface area contributed by atoms with Crippen LogP contribution in [0.3, 0.4) is 0 Å². The summed E-state index contributed by atoms with van der Waals surface area (Å²) in [6, 6.07) is 11.1. The van der Waals surface area contributed by atoms with E-state index in [1.807, 2.05) is 30.3 Å². The molecule has 0 aliphatic carbocycles. The molecule has 1 aromatic heterocycles. The highest BCUT2D eigenvalue weighted by Gasteiger charge is 2.11. The molecule has 0 saturated carbocycles. The second kappa shape index (κ2) is 7.19. The smallest absolute Gasteiger partial charge is 0.163 e. The van der Waals surface area contributed by atoms with E-state index in [2.05, 4.69) is 9.97 Å². The fourth-order valence-corrected chi connectivity index (χ4v) is 2.04. The van der Waals surface area contributed by atoms with E-state index >= 15 is 0 Å². The third-order valence-electron chi connectivity index (χ3n) is 2.78. The number of aliphatic hydroxyl groups is 2. The molecule has 1 heterocycles. The quantitative estimate of drug-likeness (QED) is 0.792. The number of anilines is 1. The van der Waals surface area contributed by atoms with Crippen molar-refractivity contribution in [3.8, 4) is 11.4 Å². The molecular formula is C14H16ClN3O2. The van der Waals surface area contributed by atoms with Gasteiger partial charge in [-0.1, -0.05) is 41.9 Å². The van der Waals surface area contributed by atoms with E-state index < -0.39 is 0 Å². The Morgan fingerprint density at radius 2 is 1.65 bits per heavy atom. The summed E-state index contributed by atoms with van der Waals surface area (Å²) >= 11 is 6.04. The maximum Gasteiger partial charge on any atom is 0.163 e. The summed E-state index contributed by atoms with van der Waals surface area (Å²) in [6.07, 6.45) is 0. The van der Waals surface area contributed by atoms with Crippen LogP contribution in [-0.4, -0.2) is 46.5 Å². The van der Waals surface area contributed by atoms with Crippen LogP contribution in [0.2, 0.25) is 5.15 Å². The molecule has 0 fully saturated rings. The standard InChI is InChI=1S/C14H16ClN3O2/c15-12-10-13(18(6-8-19)7-9-20)17-14(16-12)11-4-2-1-3-5-11/h1-5,10,19-20H,6-9H2. The zero-order valence-corrected chi connectivity index (χ0v) is 11.7. The van der Waals surface area contributed by atoms with Crippen molar-refractivity contribution in [1.29, 1.82) is 0 Å². The summed E-state index contributed by atoms with van der Waals surface area (Å²) < 4.78 is 0. The van der Waals surface area contributed by atoms with Crippen LogP contribution in [0.5, 0.6) is 0 Å². The van der Waals surface area contributed by atoms with Gasteiger partial charge in [-0.3, -0.25) is 0 Å². The first-order valence-electron chi connectivity index (χ1n) is 6.31. The summed E-state index contributed by atoms with van der Waals surface area (Å²) in [5, 5.41) is 18.5. The Morgan fingerprint density at radius 3 is 2.25 bits per heavy atom. The van der Waals surface area contributed by atoms with Crippen molar-refractivity contribution in [2.24, 2.45) is 0 Å². The fraction of sp³-hybridized carbons (Fsp3) is 0.286. The lowest BCUT2D eigenvalue weighted by atomic mass is 10.2. The zero-order chi connectivity index (χ0) is 14.4. The van der Waals surface area contributed by atoms with E-state index in [9.17, 15) is 0 Å². The number of hydrogen-bond donors (Lipinski definition) is 2. The van der Waals surface area contributed by atoms with Gasteiger partial charge in [-0.15, -0.1) is 0 Å². The number of benzene rings is 1. The van der Waals surface area contributed by atoms with Gasteiger partial charge >= 0.3 is 0 Å². The highest BCUT2D eigenvalue weighted by atomic mass is 35.5. The minimum atomic E-state index is -0.0255. The Kier molecular flexibility index (Phi) is 5.29. The van der Waals surface area contributed by atoms with Crippen LogP contribution in [0.4, 0.5) is 5.82 Å². The zero-order valence-electron chi connectivity index (χ0n) is 10.9. The minimum absolute atomic E-state index is 0.0255. The van der Waals surface area contributed by atoms with Crippen LogP contribution < -0.4 is 4.90 Å². The summed E-state index contributed by atoms with van der Waals surface area (Å²) in [4.78, 5) is 10.4. The molecule has 0 bridgehead atoms. The largest absolute Gasteiger partial charge is 0.395 e. The lowest BCUT2D eigenvalue weighted by molar-refractivity contribution is 0.280. The van der Waals surface area contributed by atoms with Gasteiger partial charge in [0.1, 0.15) is 11.0 Å². The molecule has 0 radical (unpaired) electrons. The second-order valence-corrected chi connectivity index (χ2v) is 4.56. The van der Waals surface area contributed by atoms with Gasteiger partial charge in [-0.25, -0.2) is 9.97 Å². The highest BCUT2D eigenvalue weighted by molar-refractivity contribution is 6.29. The second-order valence-electron chi connectivity index (χ2n) is 4.17. The van der Waals surface area contributed by atoms with Gasteiger partial charge < -0.3 is 15.1 Å². The lowest BCUT2D eigenvalue weighted by Crippen LogP contribution is -2.30. The van der Waals surface area contributed by atoms with E-state index in [1.165, 1.54) is 0 Å². The van der Waals surface area contributed by atoms with Crippen molar-refractivity contribution in [1.82, 2.24) is 9.97 Å². The molecule has 0 amide bonds. The van der Waals surface area contributed by atoms with Gasteiger partial charge in [0.2, 0.25) is 0 Å². The third kappa shape index (κ3) is 3.66. The summed E-state index contributed by atoms with van der Waals surface area (Å²) in [5.74, 6) is 1.11. The van der Waals surface area contributed by atoms with Crippen molar-refractivity contribution < 1.29 is 10.2 Å². The van der Waals surface area contributed by atoms with E-state index in [1.54, 1.807) is 11.0 Å². The van der Waals surface area contributed by atoms with Gasteiger partial charge in [0.15, 0.2) is 5.82 Å². The first-order valence-corrected chi connectivity index (χ1v) is 6.69. The Hall–Kier alpha value is -1.69. The SMILES string of the molecule is OCCN(CCO)c1cc(Cl)nc(-c2ccccc2)n1. The molecule has 0 aliphatic rings. The minimum Gasteiger partial charge on any atom is -0.395 e. The van der Waals surface area contributed by atoms with Crippen molar-refractivity contribution in [3.63, 3.8) is 0 Å². The average Bonchev–Trinajstić information content (AvgIpc) is 2.47. The highest BCUT2D eigenvalue weighted by Crippen LogP contribution is 2.22. The fourth-order valence-electron chi connectivity index (χ4n) is 1.87. The number of aromatic nitrogens is 2. The van der Waals surface area contributed by atoms with Crippen LogP contribution in [-0.2, 0) is 0 Å². The molecular weight excluding hydrogens is 278 g/mol. The molecule has 0 saturated heterocycles. The molecule has 6 heteroatoms. The van der Waals surface area contributed by atoms with Crippen molar-refractivity contribution in [2.75, 3.05) is 31.2 Å². The normalized spacial score (nSPS) is 10.6. The number of halogens is 1. The van der Waals surface area contributed by atoms with Crippen molar-refractivity contribution in [3.05, 3.63) is 41.6 Å². The van der Waals surface area contributed by atoms with Gasteiger partial charge in [0.05, 0.1) is 13.2 Å². The van der Waals surface area contributed by atoms with Gasteiger partial charge in [-0.05, 0) is 0 Å². The van der Waals surface area contributed by atoms with Crippen molar-refractivity contribution in [2.45, 2.75) is 0 Å². The lowest BCUT2D eigenvalue weighted by Gasteiger charge is -2.22. The summed E-state index contributed by atoms with van der Waals surface area (Å²) in [7, 11) is 0. The van der Waals surface area contributed by atoms with E-state index in [0.29, 0.717) is 29.9 Å². The van der Waals surface area contributed by atoms with Crippen LogP contribution in [0.15, 0.2) is 36.4 Å². The predicted octanol–water partition coefficient (Wildman–Crippen LogP) is 1.59. The topological polar surface area (TPSA) is 69.5 Å². The van der Waals surface area contributed by atoms with E-state index in [4.69, 9.17) is 21.8 Å². The molecule has 1 aromatic carbocycles. The molecule has 0 spiro atoms.